The lowest BCUT2D eigenvalue weighted by molar-refractivity contribution is -0.114. The molecule has 8 heteroatoms. The lowest BCUT2D eigenvalue weighted by atomic mass is 10.1. The van der Waals surface area contributed by atoms with Gasteiger partial charge in [0.05, 0.1) is 23.2 Å². The normalized spacial score (nSPS) is 11.0. The first-order valence-electron chi connectivity index (χ1n) is 9.39. The smallest absolute Gasteiger partial charge is 0.255 e. The molecule has 0 aliphatic rings. The van der Waals surface area contributed by atoms with E-state index in [9.17, 15) is 18.0 Å². The van der Waals surface area contributed by atoms with Gasteiger partial charge >= 0.3 is 0 Å². The van der Waals surface area contributed by atoms with Crippen LogP contribution in [0.15, 0.2) is 48.5 Å². The molecule has 29 heavy (non-hydrogen) atoms. The summed E-state index contributed by atoms with van der Waals surface area (Å²) < 4.78 is 25.6. The van der Waals surface area contributed by atoms with Crippen molar-refractivity contribution in [1.82, 2.24) is 4.90 Å². The van der Waals surface area contributed by atoms with E-state index in [0.29, 0.717) is 30.0 Å². The molecule has 1 N–H and O–H groups in total. The number of anilines is 2. The van der Waals surface area contributed by atoms with Gasteiger partial charge in [0.15, 0.2) is 0 Å². The topological polar surface area (TPSA) is 86.8 Å². The molecule has 0 spiro atoms. The zero-order chi connectivity index (χ0) is 21.6. The molecule has 0 saturated heterocycles. The lowest BCUT2D eigenvalue weighted by Crippen LogP contribution is -2.38. The first kappa shape index (κ1) is 22.4. The summed E-state index contributed by atoms with van der Waals surface area (Å²) in [7, 11) is -3.67. The molecule has 2 amide bonds. The average molecular weight is 418 g/mol. The second kappa shape index (κ2) is 9.56. The van der Waals surface area contributed by atoms with Gasteiger partial charge in [0, 0.05) is 13.1 Å². The Balaban J connectivity index is 2.27. The monoisotopic (exact) mass is 417 g/mol. The van der Waals surface area contributed by atoms with Gasteiger partial charge in [0.1, 0.15) is 6.54 Å². The summed E-state index contributed by atoms with van der Waals surface area (Å²) >= 11 is 0. The van der Waals surface area contributed by atoms with Crippen LogP contribution in [0.1, 0.15) is 29.8 Å². The van der Waals surface area contributed by atoms with E-state index in [-0.39, 0.29) is 5.91 Å². The van der Waals surface area contributed by atoms with Gasteiger partial charge in [-0.3, -0.25) is 13.9 Å². The largest absolute Gasteiger partial charge is 0.339 e. The highest BCUT2D eigenvalue weighted by atomic mass is 32.2. The number of para-hydroxylation sites is 1. The molecule has 0 atom stereocenters. The average Bonchev–Trinajstić information content (AvgIpc) is 2.66. The van der Waals surface area contributed by atoms with Crippen LogP contribution in [0.5, 0.6) is 0 Å². The minimum Gasteiger partial charge on any atom is -0.339 e. The van der Waals surface area contributed by atoms with E-state index in [4.69, 9.17) is 0 Å². The Hall–Kier alpha value is -2.87. The van der Waals surface area contributed by atoms with Gasteiger partial charge in [-0.1, -0.05) is 24.3 Å². The standard InChI is InChI=1S/C21H27N3O4S/c1-5-23(6-2)21(26)18-12-7-8-13-19(18)22-20(25)15-24(29(4,27)28)17-11-9-10-16(3)14-17/h7-14H,5-6,15H2,1-4H3,(H,22,25). The lowest BCUT2D eigenvalue weighted by Gasteiger charge is -2.23. The van der Waals surface area contributed by atoms with Gasteiger partial charge in [-0.25, -0.2) is 8.42 Å². The fourth-order valence-electron chi connectivity index (χ4n) is 2.96. The Bertz CT molecular complexity index is 985. The summed E-state index contributed by atoms with van der Waals surface area (Å²) in [6, 6.07) is 13.6. The van der Waals surface area contributed by atoms with Gasteiger partial charge in [0.25, 0.3) is 5.91 Å². The van der Waals surface area contributed by atoms with Crippen molar-refractivity contribution in [3.8, 4) is 0 Å². The molecular weight excluding hydrogens is 390 g/mol. The molecule has 0 radical (unpaired) electrons. The molecule has 2 rings (SSSR count). The highest BCUT2D eigenvalue weighted by Crippen LogP contribution is 2.21. The number of nitrogens with zero attached hydrogens (tertiary/aromatic N) is 2. The maximum Gasteiger partial charge on any atom is 0.255 e. The number of hydrogen-bond donors (Lipinski definition) is 1. The summed E-state index contributed by atoms with van der Waals surface area (Å²) in [6.45, 7) is 6.32. The third-order valence-electron chi connectivity index (χ3n) is 4.46. The van der Waals surface area contributed by atoms with Crippen LogP contribution in [-0.2, 0) is 14.8 Å². The van der Waals surface area contributed by atoms with Gasteiger partial charge in [-0.15, -0.1) is 0 Å². The molecule has 156 valence electrons. The Kier molecular flexibility index (Phi) is 7.39. The molecular formula is C21H27N3O4S. The van der Waals surface area contributed by atoms with Crippen molar-refractivity contribution in [1.29, 1.82) is 0 Å². The zero-order valence-corrected chi connectivity index (χ0v) is 18.0. The number of aryl methyl sites for hydroxylation is 1. The molecule has 2 aromatic rings. The summed E-state index contributed by atoms with van der Waals surface area (Å²) in [4.78, 5) is 27.0. The van der Waals surface area contributed by atoms with Crippen LogP contribution in [0, 0.1) is 6.92 Å². The van der Waals surface area contributed by atoms with E-state index in [2.05, 4.69) is 5.32 Å². The Morgan fingerprint density at radius 3 is 2.24 bits per heavy atom. The molecule has 0 heterocycles. The molecule has 7 nitrogen and oxygen atoms in total. The first-order valence-corrected chi connectivity index (χ1v) is 11.2. The Morgan fingerprint density at radius 2 is 1.66 bits per heavy atom. The van der Waals surface area contributed by atoms with Gasteiger partial charge in [-0.2, -0.15) is 0 Å². The summed E-state index contributed by atoms with van der Waals surface area (Å²) in [5.41, 5.74) is 2.01. The van der Waals surface area contributed by atoms with Crippen LogP contribution in [-0.4, -0.2) is 51.0 Å². The number of nitrogens with one attached hydrogen (secondary N) is 1. The number of sulfonamides is 1. The van der Waals surface area contributed by atoms with E-state index in [1.54, 1.807) is 47.4 Å². The number of benzene rings is 2. The quantitative estimate of drug-likeness (QED) is 0.716. The predicted molar refractivity (Wildman–Crippen MR) is 116 cm³/mol. The molecule has 0 aliphatic carbocycles. The molecule has 2 aromatic carbocycles. The Labute approximate surface area is 172 Å². The van der Waals surface area contributed by atoms with Crippen LogP contribution in [0.4, 0.5) is 11.4 Å². The minimum absolute atomic E-state index is 0.190. The number of carbonyl (C=O) groups excluding carboxylic acids is 2. The highest BCUT2D eigenvalue weighted by molar-refractivity contribution is 7.92. The number of hydrogen-bond acceptors (Lipinski definition) is 4. The van der Waals surface area contributed by atoms with E-state index < -0.39 is 22.5 Å². The van der Waals surface area contributed by atoms with Crippen molar-refractivity contribution in [2.45, 2.75) is 20.8 Å². The van der Waals surface area contributed by atoms with Gasteiger partial charge < -0.3 is 10.2 Å². The fraction of sp³-hybridized carbons (Fsp3) is 0.333. The highest BCUT2D eigenvalue weighted by Gasteiger charge is 2.23. The summed E-state index contributed by atoms with van der Waals surface area (Å²) in [5.74, 6) is -0.721. The number of amides is 2. The fourth-order valence-corrected chi connectivity index (χ4v) is 3.81. The first-order chi connectivity index (χ1) is 13.7. The van der Waals surface area contributed by atoms with Crippen LogP contribution in [0.2, 0.25) is 0 Å². The predicted octanol–water partition coefficient (Wildman–Crippen LogP) is 2.88. The SMILES string of the molecule is CCN(CC)C(=O)c1ccccc1NC(=O)CN(c1cccc(C)c1)S(C)(=O)=O. The third-order valence-corrected chi connectivity index (χ3v) is 5.60. The maximum atomic E-state index is 12.7. The maximum absolute atomic E-state index is 12.7. The van der Waals surface area contributed by atoms with Crippen molar-refractivity contribution in [3.05, 3.63) is 59.7 Å². The van der Waals surface area contributed by atoms with Crippen LogP contribution >= 0.6 is 0 Å². The van der Waals surface area contributed by atoms with Crippen molar-refractivity contribution in [2.24, 2.45) is 0 Å². The van der Waals surface area contributed by atoms with Crippen LogP contribution in [0.3, 0.4) is 0 Å². The van der Waals surface area contributed by atoms with Gasteiger partial charge in [0.2, 0.25) is 15.9 Å². The van der Waals surface area contributed by atoms with Gasteiger partial charge in [-0.05, 0) is 50.6 Å². The Morgan fingerprint density at radius 1 is 1.00 bits per heavy atom. The molecule has 0 aromatic heterocycles. The molecule has 0 fully saturated rings. The van der Waals surface area contributed by atoms with Crippen LogP contribution in [0.25, 0.3) is 0 Å². The van der Waals surface area contributed by atoms with E-state index in [0.717, 1.165) is 16.1 Å². The second-order valence-corrected chi connectivity index (χ2v) is 8.59. The number of rotatable bonds is 8. The molecule has 0 aliphatic heterocycles. The van der Waals surface area contributed by atoms with Crippen molar-refractivity contribution < 1.29 is 18.0 Å². The van der Waals surface area contributed by atoms with E-state index in [1.807, 2.05) is 26.8 Å². The zero-order valence-electron chi connectivity index (χ0n) is 17.2. The van der Waals surface area contributed by atoms with Crippen molar-refractivity contribution in [2.75, 3.05) is 35.5 Å². The minimum atomic E-state index is -3.67. The van der Waals surface area contributed by atoms with Crippen molar-refractivity contribution >= 4 is 33.2 Å². The van der Waals surface area contributed by atoms with Crippen molar-refractivity contribution in [3.63, 3.8) is 0 Å². The van der Waals surface area contributed by atoms with E-state index in [1.165, 1.54) is 0 Å². The summed E-state index contributed by atoms with van der Waals surface area (Å²) in [6.07, 6.45) is 1.06. The molecule has 0 unspecified atom stereocenters. The molecule has 0 bridgehead atoms. The van der Waals surface area contributed by atoms with Crippen LogP contribution < -0.4 is 9.62 Å². The van der Waals surface area contributed by atoms with E-state index >= 15 is 0 Å². The third kappa shape index (κ3) is 5.80. The summed E-state index contributed by atoms with van der Waals surface area (Å²) in [5, 5.41) is 2.69. The second-order valence-electron chi connectivity index (χ2n) is 6.68. The number of carbonyl (C=O) groups is 2. The molecule has 0 saturated carbocycles.